The van der Waals surface area contributed by atoms with Crippen molar-refractivity contribution in [3.63, 3.8) is 0 Å². The van der Waals surface area contributed by atoms with Gasteiger partial charge >= 0.3 is 0 Å². The first kappa shape index (κ1) is 17.0. The molecule has 0 fully saturated rings. The van der Waals surface area contributed by atoms with E-state index in [-0.39, 0.29) is 16.9 Å². The van der Waals surface area contributed by atoms with E-state index < -0.39 is 0 Å². The van der Waals surface area contributed by atoms with Gasteiger partial charge in [-0.2, -0.15) is 0 Å². The van der Waals surface area contributed by atoms with Crippen LogP contribution in [-0.2, 0) is 10.8 Å². The van der Waals surface area contributed by atoms with Crippen molar-refractivity contribution in [1.29, 1.82) is 0 Å². The van der Waals surface area contributed by atoms with Gasteiger partial charge in [0.05, 0.1) is 6.10 Å². The molecule has 0 bridgehead atoms. The Balaban J connectivity index is 2.07. The first-order chi connectivity index (χ1) is 11.2. The summed E-state index contributed by atoms with van der Waals surface area (Å²) in [6.07, 6.45) is 2.74. The van der Waals surface area contributed by atoms with Gasteiger partial charge in [-0.1, -0.05) is 82.3 Å². The minimum absolute atomic E-state index is 0.0149. The predicted molar refractivity (Wildman–Crippen MR) is 103 cm³/mol. The zero-order chi connectivity index (χ0) is 17.5. The molecule has 1 atom stereocenters. The number of hydrogen-bond acceptors (Lipinski definition) is 1. The molecule has 1 heteroatoms. The minimum Gasteiger partial charge on any atom is -0.392 e. The summed E-state index contributed by atoms with van der Waals surface area (Å²) in [5.41, 5.74) is 6.15. The summed E-state index contributed by atoms with van der Waals surface area (Å²) in [6.45, 7) is 10.9. The zero-order valence-corrected chi connectivity index (χ0v) is 15.4. The largest absolute Gasteiger partial charge is 0.392 e. The summed E-state index contributed by atoms with van der Waals surface area (Å²) < 4.78 is 0. The van der Waals surface area contributed by atoms with Crippen LogP contribution in [0.2, 0.25) is 0 Å². The van der Waals surface area contributed by atoms with Gasteiger partial charge in [-0.25, -0.2) is 0 Å². The molecule has 0 radical (unpaired) electrons. The van der Waals surface area contributed by atoms with Crippen molar-refractivity contribution >= 4 is 11.6 Å². The molecule has 24 heavy (non-hydrogen) atoms. The third-order valence-corrected chi connectivity index (χ3v) is 5.62. The molecule has 0 aliphatic heterocycles. The van der Waals surface area contributed by atoms with Gasteiger partial charge < -0.3 is 5.11 Å². The SMILES string of the molecule is CC(=Cc1ccc2c(c1)C(C)(C)C(O)CC2(C)C)c1ccccc1. The monoisotopic (exact) mass is 320 g/mol. The number of benzene rings is 2. The number of rotatable bonds is 2. The number of fused-ring (bicyclic) bond motifs is 1. The molecule has 1 unspecified atom stereocenters. The lowest BCUT2D eigenvalue weighted by Crippen LogP contribution is -2.45. The quantitative estimate of drug-likeness (QED) is 0.718. The highest BCUT2D eigenvalue weighted by molar-refractivity contribution is 5.80. The van der Waals surface area contributed by atoms with E-state index in [1.54, 1.807) is 0 Å². The molecular weight excluding hydrogens is 292 g/mol. The van der Waals surface area contributed by atoms with Crippen LogP contribution in [0.5, 0.6) is 0 Å². The maximum absolute atomic E-state index is 10.7. The van der Waals surface area contributed by atoms with Gasteiger partial charge in [0, 0.05) is 5.41 Å². The molecule has 3 rings (SSSR count). The van der Waals surface area contributed by atoms with Crippen LogP contribution in [0.4, 0.5) is 0 Å². The Morgan fingerprint density at radius 2 is 1.67 bits per heavy atom. The van der Waals surface area contributed by atoms with E-state index in [1.165, 1.54) is 27.8 Å². The fourth-order valence-electron chi connectivity index (χ4n) is 3.84. The van der Waals surface area contributed by atoms with Crippen molar-refractivity contribution in [2.45, 2.75) is 58.0 Å². The van der Waals surface area contributed by atoms with Crippen LogP contribution in [0.3, 0.4) is 0 Å². The number of allylic oxidation sites excluding steroid dienone is 1. The van der Waals surface area contributed by atoms with E-state index in [9.17, 15) is 5.11 Å². The molecule has 1 aliphatic carbocycles. The highest BCUT2D eigenvalue weighted by atomic mass is 16.3. The summed E-state index contributed by atoms with van der Waals surface area (Å²) in [6, 6.07) is 17.2. The molecule has 0 spiro atoms. The van der Waals surface area contributed by atoms with Gasteiger partial charge in [-0.15, -0.1) is 0 Å². The average Bonchev–Trinajstić information content (AvgIpc) is 2.54. The predicted octanol–water partition coefficient (Wildman–Crippen LogP) is 5.57. The number of aliphatic hydroxyl groups excluding tert-OH is 1. The van der Waals surface area contributed by atoms with Crippen molar-refractivity contribution in [3.05, 3.63) is 70.8 Å². The van der Waals surface area contributed by atoms with Gasteiger partial charge in [0.25, 0.3) is 0 Å². The maximum Gasteiger partial charge on any atom is 0.0639 e. The molecule has 2 aromatic rings. The van der Waals surface area contributed by atoms with Crippen molar-refractivity contribution in [2.75, 3.05) is 0 Å². The molecular formula is C23H28O. The third-order valence-electron chi connectivity index (χ3n) is 5.62. The summed E-state index contributed by atoms with van der Waals surface area (Å²) in [7, 11) is 0. The van der Waals surface area contributed by atoms with Crippen LogP contribution in [0.25, 0.3) is 11.6 Å². The second-order valence-corrected chi connectivity index (χ2v) is 8.32. The Bertz CT molecular complexity index is 766. The van der Waals surface area contributed by atoms with Crippen molar-refractivity contribution in [1.82, 2.24) is 0 Å². The number of hydrogen-bond donors (Lipinski definition) is 1. The van der Waals surface area contributed by atoms with Crippen LogP contribution < -0.4 is 0 Å². The van der Waals surface area contributed by atoms with Gasteiger partial charge in [-0.05, 0) is 46.6 Å². The van der Waals surface area contributed by atoms with E-state index in [2.05, 4.69) is 83.2 Å². The molecule has 0 heterocycles. The zero-order valence-electron chi connectivity index (χ0n) is 15.4. The third kappa shape index (κ3) is 2.93. The van der Waals surface area contributed by atoms with E-state index >= 15 is 0 Å². The summed E-state index contributed by atoms with van der Waals surface area (Å²) >= 11 is 0. The molecule has 0 amide bonds. The van der Waals surface area contributed by atoms with Crippen molar-refractivity contribution in [3.8, 4) is 0 Å². The van der Waals surface area contributed by atoms with Crippen LogP contribution in [0.1, 0.15) is 63.3 Å². The lowest BCUT2D eigenvalue weighted by Gasteiger charge is -2.45. The Morgan fingerprint density at radius 1 is 1.00 bits per heavy atom. The smallest absolute Gasteiger partial charge is 0.0639 e. The van der Waals surface area contributed by atoms with Crippen LogP contribution in [-0.4, -0.2) is 11.2 Å². The maximum atomic E-state index is 10.7. The fourth-order valence-corrected chi connectivity index (χ4v) is 3.84. The Kier molecular flexibility index (Phi) is 4.17. The lowest BCUT2D eigenvalue weighted by atomic mass is 9.61. The standard InChI is InChI=1S/C23H28O/c1-16(18-9-7-6-8-10-18)13-17-11-12-19-20(14-17)23(4,5)21(24)15-22(19,2)3/h6-14,21,24H,15H2,1-5H3. The molecule has 126 valence electrons. The van der Waals surface area contributed by atoms with Crippen LogP contribution in [0, 0.1) is 0 Å². The van der Waals surface area contributed by atoms with Crippen LogP contribution in [0.15, 0.2) is 48.5 Å². The molecule has 1 N–H and O–H groups in total. The van der Waals surface area contributed by atoms with E-state index in [0.717, 1.165) is 6.42 Å². The fraction of sp³-hybridized carbons (Fsp3) is 0.391. The second kappa shape index (κ2) is 5.89. The highest BCUT2D eigenvalue weighted by Crippen LogP contribution is 2.46. The Labute approximate surface area is 146 Å². The van der Waals surface area contributed by atoms with Crippen molar-refractivity contribution < 1.29 is 5.11 Å². The highest BCUT2D eigenvalue weighted by Gasteiger charge is 2.43. The van der Waals surface area contributed by atoms with Gasteiger partial charge in [0.1, 0.15) is 0 Å². The molecule has 0 aromatic heterocycles. The Morgan fingerprint density at radius 3 is 2.33 bits per heavy atom. The van der Waals surface area contributed by atoms with Crippen LogP contribution >= 0.6 is 0 Å². The summed E-state index contributed by atoms with van der Waals surface area (Å²) in [4.78, 5) is 0. The minimum atomic E-state index is -0.311. The Hall–Kier alpha value is -1.86. The topological polar surface area (TPSA) is 20.2 Å². The van der Waals surface area contributed by atoms with Gasteiger partial charge in [-0.3, -0.25) is 0 Å². The second-order valence-electron chi connectivity index (χ2n) is 8.32. The first-order valence-electron chi connectivity index (χ1n) is 8.78. The normalized spacial score (nSPS) is 22.1. The molecule has 1 nitrogen and oxygen atoms in total. The number of aliphatic hydroxyl groups is 1. The molecule has 2 aromatic carbocycles. The molecule has 0 saturated heterocycles. The first-order valence-corrected chi connectivity index (χ1v) is 8.78. The van der Waals surface area contributed by atoms with Gasteiger partial charge in [0.2, 0.25) is 0 Å². The average molecular weight is 320 g/mol. The molecule has 1 aliphatic rings. The van der Waals surface area contributed by atoms with E-state index in [4.69, 9.17) is 0 Å². The van der Waals surface area contributed by atoms with Crippen molar-refractivity contribution in [2.24, 2.45) is 0 Å². The summed E-state index contributed by atoms with van der Waals surface area (Å²) in [5, 5.41) is 10.7. The molecule has 0 saturated carbocycles. The summed E-state index contributed by atoms with van der Waals surface area (Å²) in [5.74, 6) is 0. The van der Waals surface area contributed by atoms with E-state index in [0.29, 0.717) is 0 Å². The van der Waals surface area contributed by atoms with Gasteiger partial charge in [0.15, 0.2) is 0 Å². The van der Waals surface area contributed by atoms with E-state index in [1.807, 2.05) is 6.07 Å². The lowest BCUT2D eigenvalue weighted by molar-refractivity contribution is 0.0583.